The molecule has 162 valence electrons. The van der Waals surface area contributed by atoms with Crippen molar-refractivity contribution < 1.29 is 17.9 Å². The Labute approximate surface area is 175 Å². The number of pyridine rings is 1. The Kier molecular flexibility index (Phi) is 5.95. The number of ether oxygens (including phenoxy) is 1. The lowest BCUT2D eigenvalue weighted by Gasteiger charge is -2.29. The standard InChI is InChI=1S/C21H27N3O5S/c1-14-6-8-24(9-7-14)30(27,28)16-4-5-19-17(11-16)20(25)18(13-22-19)21(26)23-12-15-3-2-10-29-15/h4-5,11,13-15H,2-3,6-10,12H2,1H3,(H,22,25)(H,23,26). The maximum Gasteiger partial charge on any atom is 0.256 e. The number of aromatic amines is 1. The molecular formula is C21H27N3O5S. The van der Waals surface area contributed by atoms with Crippen molar-refractivity contribution in [2.24, 2.45) is 5.92 Å². The van der Waals surface area contributed by atoms with Crippen LogP contribution in [0.2, 0.25) is 0 Å². The SMILES string of the molecule is CC1CCN(S(=O)(=O)c2ccc3[nH]cc(C(=O)NCC4CCCO4)c(=O)c3c2)CC1. The third-order valence-electron chi connectivity index (χ3n) is 5.99. The first-order valence-corrected chi connectivity index (χ1v) is 11.9. The van der Waals surface area contributed by atoms with Gasteiger partial charge in [-0.3, -0.25) is 9.59 Å². The van der Waals surface area contributed by atoms with Crippen molar-refractivity contribution in [2.45, 2.75) is 43.6 Å². The highest BCUT2D eigenvalue weighted by molar-refractivity contribution is 7.89. The molecule has 30 heavy (non-hydrogen) atoms. The second-order valence-corrected chi connectivity index (χ2v) is 10.1. The summed E-state index contributed by atoms with van der Waals surface area (Å²) in [4.78, 5) is 28.5. The molecule has 2 fully saturated rings. The van der Waals surface area contributed by atoms with E-state index in [-0.39, 0.29) is 21.9 Å². The van der Waals surface area contributed by atoms with Gasteiger partial charge in [0.2, 0.25) is 15.5 Å². The van der Waals surface area contributed by atoms with E-state index in [0.717, 1.165) is 25.7 Å². The maximum atomic E-state index is 13.0. The number of hydrogen-bond acceptors (Lipinski definition) is 5. The van der Waals surface area contributed by atoms with E-state index >= 15 is 0 Å². The number of carbonyl (C=O) groups is 1. The lowest BCUT2D eigenvalue weighted by atomic mass is 10.0. The van der Waals surface area contributed by atoms with E-state index in [1.165, 1.54) is 22.6 Å². The minimum Gasteiger partial charge on any atom is -0.376 e. The van der Waals surface area contributed by atoms with Gasteiger partial charge in [0.15, 0.2) is 0 Å². The lowest BCUT2D eigenvalue weighted by Crippen LogP contribution is -2.38. The number of carbonyl (C=O) groups excluding carboxylic acids is 1. The van der Waals surface area contributed by atoms with Crippen LogP contribution in [-0.4, -0.2) is 56.0 Å². The fourth-order valence-electron chi connectivity index (χ4n) is 4.01. The van der Waals surface area contributed by atoms with Crippen molar-refractivity contribution in [1.82, 2.24) is 14.6 Å². The Balaban J connectivity index is 1.61. The van der Waals surface area contributed by atoms with Crippen LogP contribution >= 0.6 is 0 Å². The van der Waals surface area contributed by atoms with Crippen molar-refractivity contribution in [1.29, 1.82) is 0 Å². The molecule has 1 aromatic carbocycles. The first kappa shape index (κ1) is 21.0. The lowest BCUT2D eigenvalue weighted by molar-refractivity contribution is 0.0857. The molecule has 1 aromatic heterocycles. The van der Waals surface area contributed by atoms with Crippen molar-refractivity contribution in [2.75, 3.05) is 26.2 Å². The molecule has 2 aliphatic heterocycles. The minimum atomic E-state index is -3.68. The Bertz CT molecular complexity index is 1100. The van der Waals surface area contributed by atoms with Crippen LogP contribution in [0, 0.1) is 5.92 Å². The molecule has 0 saturated carbocycles. The monoisotopic (exact) mass is 433 g/mol. The van der Waals surface area contributed by atoms with Gasteiger partial charge in [0.1, 0.15) is 5.56 Å². The number of aromatic nitrogens is 1. The second-order valence-electron chi connectivity index (χ2n) is 8.17. The number of H-pyrrole nitrogens is 1. The van der Waals surface area contributed by atoms with Crippen LogP contribution in [0.25, 0.3) is 10.9 Å². The van der Waals surface area contributed by atoms with Crippen molar-refractivity contribution in [3.63, 3.8) is 0 Å². The van der Waals surface area contributed by atoms with Gasteiger partial charge in [-0.1, -0.05) is 6.92 Å². The molecule has 2 aliphatic rings. The van der Waals surface area contributed by atoms with Gasteiger partial charge in [-0.25, -0.2) is 8.42 Å². The van der Waals surface area contributed by atoms with Crippen LogP contribution in [0.5, 0.6) is 0 Å². The van der Waals surface area contributed by atoms with Gasteiger partial charge in [-0.05, 0) is 49.8 Å². The Morgan fingerprint density at radius 2 is 2.03 bits per heavy atom. The third kappa shape index (κ3) is 4.14. The molecule has 3 heterocycles. The largest absolute Gasteiger partial charge is 0.376 e. The average Bonchev–Trinajstić information content (AvgIpc) is 3.26. The van der Waals surface area contributed by atoms with Gasteiger partial charge in [-0.15, -0.1) is 0 Å². The third-order valence-corrected chi connectivity index (χ3v) is 7.89. The van der Waals surface area contributed by atoms with Gasteiger partial charge in [0, 0.05) is 43.3 Å². The summed E-state index contributed by atoms with van der Waals surface area (Å²) in [7, 11) is -3.68. The maximum absolute atomic E-state index is 13.0. The van der Waals surface area contributed by atoms with E-state index in [9.17, 15) is 18.0 Å². The smallest absolute Gasteiger partial charge is 0.256 e. The number of nitrogens with zero attached hydrogens (tertiary/aromatic N) is 1. The number of piperidine rings is 1. The van der Waals surface area contributed by atoms with E-state index in [4.69, 9.17) is 4.74 Å². The summed E-state index contributed by atoms with van der Waals surface area (Å²) in [5.74, 6) is 0.0125. The summed E-state index contributed by atoms with van der Waals surface area (Å²) in [5.41, 5.74) is -0.0401. The topological polar surface area (TPSA) is 109 Å². The fourth-order valence-corrected chi connectivity index (χ4v) is 5.50. The van der Waals surface area contributed by atoms with Crippen LogP contribution in [-0.2, 0) is 14.8 Å². The van der Waals surface area contributed by atoms with E-state index in [1.54, 1.807) is 6.07 Å². The van der Waals surface area contributed by atoms with Crippen LogP contribution in [0.4, 0.5) is 0 Å². The summed E-state index contributed by atoms with van der Waals surface area (Å²) in [6, 6.07) is 4.45. The number of benzene rings is 1. The van der Waals surface area contributed by atoms with Gasteiger partial charge in [0.05, 0.1) is 11.0 Å². The highest BCUT2D eigenvalue weighted by Gasteiger charge is 2.28. The Morgan fingerprint density at radius 3 is 2.73 bits per heavy atom. The predicted octanol–water partition coefficient (Wildman–Crippen LogP) is 1.86. The van der Waals surface area contributed by atoms with Crippen molar-refractivity contribution in [3.05, 3.63) is 40.2 Å². The molecule has 0 aliphatic carbocycles. The highest BCUT2D eigenvalue weighted by atomic mass is 32.2. The normalized spacial score (nSPS) is 21.2. The summed E-state index contributed by atoms with van der Waals surface area (Å²) < 4.78 is 33.0. The summed E-state index contributed by atoms with van der Waals surface area (Å²) in [6.07, 6.45) is 4.83. The van der Waals surface area contributed by atoms with E-state index < -0.39 is 21.4 Å². The number of amides is 1. The summed E-state index contributed by atoms with van der Waals surface area (Å²) in [6.45, 7) is 4.10. The number of sulfonamides is 1. The van der Waals surface area contributed by atoms with Crippen LogP contribution < -0.4 is 10.7 Å². The van der Waals surface area contributed by atoms with E-state index in [2.05, 4.69) is 17.2 Å². The van der Waals surface area contributed by atoms with Crippen LogP contribution in [0.1, 0.15) is 43.0 Å². The zero-order valence-electron chi connectivity index (χ0n) is 17.0. The van der Waals surface area contributed by atoms with Crippen molar-refractivity contribution >= 4 is 26.8 Å². The van der Waals surface area contributed by atoms with E-state index in [0.29, 0.717) is 37.7 Å². The van der Waals surface area contributed by atoms with Crippen LogP contribution in [0.15, 0.2) is 34.1 Å². The molecule has 2 aromatic rings. The summed E-state index contributed by atoms with van der Waals surface area (Å²) >= 11 is 0. The number of hydrogen-bond donors (Lipinski definition) is 2. The molecule has 2 N–H and O–H groups in total. The molecule has 2 saturated heterocycles. The van der Waals surface area contributed by atoms with Gasteiger partial charge < -0.3 is 15.0 Å². The average molecular weight is 434 g/mol. The van der Waals surface area contributed by atoms with Gasteiger partial charge >= 0.3 is 0 Å². The van der Waals surface area contributed by atoms with Gasteiger partial charge in [-0.2, -0.15) is 4.31 Å². The molecule has 1 atom stereocenters. The molecule has 1 unspecified atom stereocenters. The molecule has 0 spiro atoms. The first-order valence-electron chi connectivity index (χ1n) is 10.4. The molecule has 4 rings (SSSR count). The van der Waals surface area contributed by atoms with Crippen molar-refractivity contribution in [3.8, 4) is 0 Å². The summed E-state index contributed by atoms with van der Waals surface area (Å²) in [5, 5.41) is 2.92. The molecular weight excluding hydrogens is 406 g/mol. The Morgan fingerprint density at radius 1 is 1.27 bits per heavy atom. The zero-order chi connectivity index (χ0) is 21.3. The second kappa shape index (κ2) is 8.49. The highest BCUT2D eigenvalue weighted by Crippen LogP contribution is 2.25. The number of fused-ring (bicyclic) bond motifs is 1. The van der Waals surface area contributed by atoms with Gasteiger partial charge in [0.25, 0.3) is 5.91 Å². The predicted molar refractivity (Wildman–Crippen MR) is 113 cm³/mol. The fraction of sp³-hybridized carbons (Fsp3) is 0.524. The molecule has 9 heteroatoms. The molecule has 1 amide bonds. The minimum absolute atomic E-state index is 0.0301. The first-order chi connectivity index (χ1) is 14.4. The molecule has 8 nitrogen and oxygen atoms in total. The Hall–Kier alpha value is -2.23. The zero-order valence-corrected chi connectivity index (χ0v) is 17.8. The van der Waals surface area contributed by atoms with E-state index in [1.807, 2.05) is 0 Å². The number of nitrogens with one attached hydrogen (secondary N) is 2. The van der Waals surface area contributed by atoms with Crippen LogP contribution in [0.3, 0.4) is 0 Å². The quantitative estimate of drug-likeness (QED) is 0.748. The molecule has 0 bridgehead atoms. The number of rotatable bonds is 5. The molecule has 0 radical (unpaired) electrons.